The number of amides is 2. The maximum Gasteiger partial charge on any atom is 0.242 e. The highest BCUT2D eigenvalue weighted by Gasteiger charge is 2.22. The fourth-order valence-corrected chi connectivity index (χ4v) is 1.96. The summed E-state index contributed by atoms with van der Waals surface area (Å²) in [5.41, 5.74) is 5.39. The van der Waals surface area contributed by atoms with Crippen molar-refractivity contribution in [2.75, 3.05) is 13.1 Å². The number of piperidine rings is 1. The minimum atomic E-state index is -0.319. The van der Waals surface area contributed by atoms with Gasteiger partial charge < -0.3 is 16.4 Å². The third kappa shape index (κ3) is 5.68. The molecule has 1 unspecified atom stereocenters. The van der Waals surface area contributed by atoms with E-state index in [-0.39, 0.29) is 17.9 Å². The van der Waals surface area contributed by atoms with E-state index in [1.54, 1.807) is 0 Å². The molecule has 1 atom stereocenters. The fraction of sp³-hybridized carbons (Fsp3) is 0.833. The highest BCUT2D eigenvalue weighted by Crippen LogP contribution is 2.05. The standard InChI is InChI=1S/C12H23N3O2/c13-8-4-2-1-3-7-11(16)15-10-6-5-9-14-12(10)17/h10H,1-9,13H2,(H,14,17)(H,15,16). The minimum absolute atomic E-state index is 0.0141. The zero-order chi connectivity index (χ0) is 12.5. The first-order chi connectivity index (χ1) is 8.24. The van der Waals surface area contributed by atoms with Crippen LogP contribution in [0.5, 0.6) is 0 Å². The molecule has 1 rings (SSSR count). The van der Waals surface area contributed by atoms with E-state index in [1.807, 2.05) is 0 Å². The predicted octanol–water partition coefficient (Wildman–Crippen LogP) is 0.290. The number of unbranched alkanes of at least 4 members (excludes halogenated alkanes) is 3. The first kappa shape index (κ1) is 14.0. The van der Waals surface area contributed by atoms with Crippen LogP contribution < -0.4 is 16.4 Å². The number of hydrogen-bond donors (Lipinski definition) is 3. The Morgan fingerprint density at radius 1 is 1.35 bits per heavy atom. The highest BCUT2D eigenvalue weighted by molar-refractivity contribution is 5.87. The van der Waals surface area contributed by atoms with Crippen molar-refractivity contribution in [2.45, 2.75) is 51.0 Å². The molecule has 1 heterocycles. The number of carbonyl (C=O) groups excluding carboxylic acids is 2. The van der Waals surface area contributed by atoms with Crippen molar-refractivity contribution in [3.63, 3.8) is 0 Å². The van der Waals surface area contributed by atoms with Gasteiger partial charge in [-0.05, 0) is 32.2 Å². The van der Waals surface area contributed by atoms with Gasteiger partial charge in [0.1, 0.15) is 6.04 Å². The van der Waals surface area contributed by atoms with Crippen LogP contribution in [-0.2, 0) is 9.59 Å². The molecule has 0 spiro atoms. The lowest BCUT2D eigenvalue weighted by atomic mass is 10.1. The van der Waals surface area contributed by atoms with Crippen LogP contribution >= 0.6 is 0 Å². The zero-order valence-electron chi connectivity index (χ0n) is 10.3. The molecule has 0 radical (unpaired) electrons. The van der Waals surface area contributed by atoms with Crippen molar-refractivity contribution in [2.24, 2.45) is 5.73 Å². The quantitative estimate of drug-likeness (QED) is 0.560. The van der Waals surface area contributed by atoms with Gasteiger partial charge in [0.2, 0.25) is 11.8 Å². The van der Waals surface area contributed by atoms with Gasteiger partial charge in [0.25, 0.3) is 0 Å². The number of carbonyl (C=O) groups is 2. The summed E-state index contributed by atoms with van der Waals surface area (Å²) in [6.07, 6.45) is 6.20. The minimum Gasteiger partial charge on any atom is -0.354 e. The molecule has 5 nitrogen and oxygen atoms in total. The van der Waals surface area contributed by atoms with E-state index < -0.39 is 0 Å². The van der Waals surface area contributed by atoms with Crippen molar-refractivity contribution in [3.8, 4) is 0 Å². The molecule has 0 bridgehead atoms. The van der Waals surface area contributed by atoms with Gasteiger partial charge in [-0.3, -0.25) is 9.59 Å². The topological polar surface area (TPSA) is 84.2 Å². The molecule has 98 valence electrons. The van der Waals surface area contributed by atoms with E-state index in [1.165, 1.54) is 0 Å². The van der Waals surface area contributed by atoms with E-state index in [0.717, 1.165) is 45.1 Å². The Hall–Kier alpha value is -1.10. The molecule has 1 aliphatic rings. The van der Waals surface area contributed by atoms with Gasteiger partial charge in [-0.1, -0.05) is 12.8 Å². The van der Waals surface area contributed by atoms with Gasteiger partial charge in [-0.25, -0.2) is 0 Å². The molecule has 1 aliphatic heterocycles. The third-order valence-corrected chi connectivity index (χ3v) is 2.98. The summed E-state index contributed by atoms with van der Waals surface area (Å²) in [5.74, 6) is -0.0625. The van der Waals surface area contributed by atoms with E-state index in [9.17, 15) is 9.59 Å². The fourth-order valence-electron chi connectivity index (χ4n) is 1.96. The lowest BCUT2D eigenvalue weighted by molar-refractivity contribution is -0.130. The molecule has 0 aromatic carbocycles. The maximum absolute atomic E-state index is 11.6. The van der Waals surface area contributed by atoms with Gasteiger partial charge >= 0.3 is 0 Å². The Bertz CT molecular complexity index is 256. The van der Waals surface area contributed by atoms with Gasteiger partial charge in [0.05, 0.1) is 0 Å². The summed E-state index contributed by atoms with van der Waals surface area (Å²) in [4.78, 5) is 23.0. The summed E-state index contributed by atoms with van der Waals surface area (Å²) >= 11 is 0. The first-order valence-corrected chi connectivity index (χ1v) is 6.51. The summed E-state index contributed by atoms with van der Waals surface area (Å²) < 4.78 is 0. The summed E-state index contributed by atoms with van der Waals surface area (Å²) in [6, 6.07) is -0.319. The second kappa shape index (κ2) is 8.06. The van der Waals surface area contributed by atoms with Gasteiger partial charge in [-0.15, -0.1) is 0 Å². The molecule has 17 heavy (non-hydrogen) atoms. The van der Waals surface area contributed by atoms with Crippen LogP contribution in [-0.4, -0.2) is 30.9 Å². The van der Waals surface area contributed by atoms with Crippen molar-refractivity contribution >= 4 is 11.8 Å². The van der Waals surface area contributed by atoms with E-state index in [0.29, 0.717) is 13.0 Å². The molecule has 2 amide bonds. The number of nitrogens with one attached hydrogen (secondary N) is 2. The van der Waals surface area contributed by atoms with Gasteiger partial charge in [-0.2, -0.15) is 0 Å². The Morgan fingerprint density at radius 2 is 2.12 bits per heavy atom. The second-order valence-corrected chi connectivity index (χ2v) is 4.51. The second-order valence-electron chi connectivity index (χ2n) is 4.51. The Labute approximate surface area is 103 Å². The van der Waals surface area contributed by atoms with Crippen LogP contribution in [0.2, 0.25) is 0 Å². The van der Waals surface area contributed by atoms with Crippen molar-refractivity contribution in [3.05, 3.63) is 0 Å². The van der Waals surface area contributed by atoms with E-state index in [4.69, 9.17) is 5.73 Å². The van der Waals surface area contributed by atoms with Crippen LogP contribution in [0.1, 0.15) is 44.9 Å². The lowest BCUT2D eigenvalue weighted by Crippen LogP contribution is -2.50. The normalized spacial score (nSPS) is 19.8. The molecule has 1 saturated heterocycles. The first-order valence-electron chi connectivity index (χ1n) is 6.51. The molecule has 1 fully saturated rings. The Kier molecular flexibility index (Phi) is 6.62. The third-order valence-electron chi connectivity index (χ3n) is 2.98. The Morgan fingerprint density at radius 3 is 2.82 bits per heavy atom. The smallest absolute Gasteiger partial charge is 0.242 e. The number of nitrogens with two attached hydrogens (primary N) is 1. The zero-order valence-corrected chi connectivity index (χ0v) is 10.3. The molecule has 0 aromatic rings. The molecule has 0 aromatic heterocycles. The van der Waals surface area contributed by atoms with Crippen LogP contribution in [0.15, 0.2) is 0 Å². The summed E-state index contributed by atoms with van der Waals surface area (Å²) in [7, 11) is 0. The van der Waals surface area contributed by atoms with Crippen LogP contribution in [0.3, 0.4) is 0 Å². The Balaban J connectivity index is 2.09. The molecule has 4 N–H and O–H groups in total. The largest absolute Gasteiger partial charge is 0.354 e. The predicted molar refractivity (Wildman–Crippen MR) is 66.3 cm³/mol. The molecule has 0 aliphatic carbocycles. The molecule has 5 heteroatoms. The van der Waals surface area contributed by atoms with Crippen molar-refractivity contribution in [1.82, 2.24) is 10.6 Å². The average molecular weight is 241 g/mol. The lowest BCUT2D eigenvalue weighted by Gasteiger charge is -2.22. The van der Waals surface area contributed by atoms with Gasteiger partial charge in [0.15, 0.2) is 0 Å². The SMILES string of the molecule is NCCCCCCC(=O)NC1CCCNC1=O. The van der Waals surface area contributed by atoms with Gasteiger partial charge in [0, 0.05) is 13.0 Å². The molecular formula is C12H23N3O2. The van der Waals surface area contributed by atoms with Crippen LogP contribution in [0.4, 0.5) is 0 Å². The monoisotopic (exact) mass is 241 g/mol. The summed E-state index contributed by atoms with van der Waals surface area (Å²) in [6.45, 7) is 1.44. The maximum atomic E-state index is 11.6. The highest BCUT2D eigenvalue weighted by atomic mass is 16.2. The average Bonchev–Trinajstić information content (AvgIpc) is 2.32. The summed E-state index contributed by atoms with van der Waals surface area (Å²) in [5, 5.41) is 5.54. The number of rotatable bonds is 7. The van der Waals surface area contributed by atoms with E-state index >= 15 is 0 Å². The van der Waals surface area contributed by atoms with Crippen molar-refractivity contribution in [1.29, 1.82) is 0 Å². The molecular weight excluding hydrogens is 218 g/mol. The van der Waals surface area contributed by atoms with Crippen LogP contribution in [0, 0.1) is 0 Å². The number of hydrogen-bond acceptors (Lipinski definition) is 3. The van der Waals surface area contributed by atoms with E-state index in [2.05, 4.69) is 10.6 Å². The van der Waals surface area contributed by atoms with Crippen molar-refractivity contribution < 1.29 is 9.59 Å². The van der Waals surface area contributed by atoms with Crippen LogP contribution in [0.25, 0.3) is 0 Å². The molecule has 0 saturated carbocycles.